The molecule has 0 spiro atoms. The van der Waals surface area contributed by atoms with E-state index in [1.807, 2.05) is 13.8 Å². The van der Waals surface area contributed by atoms with Crippen molar-refractivity contribution in [2.24, 2.45) is 0 Å². The summed E-state index contributed by atoms with van der Waals surface area (Å²) in [6.45, 7) is 7.41. The fraction of sp³-hybridized carbons (Fsp3) is 1.00. The Bertz CT molecular complexity index is 354. The zero-order valence-electron chi connectivity index (χ0n) is 11.1. The van der Waals surface area contributed by atoms with E-state index in [2.05, 4.69) is 0 Å². The molecule has 3 saturated heterocycles. The van der Waals surface area contributed by atoms with E-state index < -0.39 is 29.6 Å². The van der Waals surface area contributed by atoms with Crippen LogP contribution in [0.4, 0.5) is 0 Å². The van der Waals surface area contributed by atoms with Crippen molar-refractivity contribution < 1.29 is 28.8 Å². The Kier molecular flexibility index (Phi) is 2.59. The van der Waals surface area contributed by atoms with Crippen LogP contribution in [-0.2, 0) is 23.7 Å². The van der Waals surface area contributed by atoms with E-state index in [1.54, 1.807) is 13.8 Å². The smallest absolute Gasteiger partial charge is 0.195 e. The molecule has 3 rings (SSSR count). The second-order valence-electron chi connectivity index (χ2n) is 5.99. The predicted octanol–water partition coefficient (Wildman–Crippen LogP) is 0.377. The van der Waals surface area contributed by atoms with Gasteiger partial charge >= 0.3 is 0 Å². The molecule has 3 fully saturated rings. The third-order valence-electron chi connectivity index (χ3n) is 3.55. The van der Waals surface area contributed by atoms with Crippen molar-refractivity contribution in [2.45, 2.75) is 63.4 Å². The van der Waals surface area contributed by atoms with Crippen molar-refractivity contribution >= 4 is 0 Å². The van der Waals surface area contributed by atoms with E-state index in [0.717, 1.165) is 0 Å². The monoisotopic (exact) mass is 260 g/mol. The molecule has 104 valence electrons. The molecule has 18 heavy (non-hydrogen) atoms. The van der Waals surface area contributed by atoms with Gasteiger partial charge in [-0.05, 0) is 27.7 Å². The number of aliphatic hydroxyl groups excluding tert-OH is 1. The maximum Gasteiger partial charge on any atom is 0.195 e. The van der Waals surface area contributed by atoms with Gasteiger partial charge in [-0.2, -0.15) is 0 Å². The van der Waals surface area contributed by atoms with E-state index in [1.165, 1.54) is 0 Å². The van der Waals surface area contributed by atoms with Gasteiger partial charge in [0.15, 0.2) is 23.5 Å². The summed E-state index contributed by atoms with van der Waals surface area (Å²) in [5.74, 6) is -1.51. The van der Waals surface area contributed by atoms with Crippen LogP contribution < -0.4 is 0 Å². The molecule has 0 aromatic carbocycles. The van der Waals surface area contributed by atoms with Crippen molar-refractivity contribution in [2.75, 3.05) is 13.2 Å². The summed E-state index contributed by atoms with van der Waals surface area (Å²) in [6.07, 6.45) is -1.27. The summed E-state index contributed by atoms with van der Waals surface area (Å²) in [5.41, 5.74) is -1.01. The summed E-state index contributed by atoms with van der Waals surface area (Å²) in [5, 5.41) is 9.78. The molecule has 0 radical (unpaired) electrons. The third kappa shape index (κ3) is 1.71. The van der Waals surface area contributed by atoms with E-state index in [4.69, 9.17) is 23.7 Å². The number of hydrogen-bond acceptors (Lipinski definition) is 6. The van der Waals surface area contributed by atoms with Gasteiger partial charge in [-0.3, -0.25) is 0 Å². The topological polar surface area (TPSA) is 66.4 Å². The lowest BCUT2D eigenvalue weighted by molar-refractivity contribution is -0.241. The van der Waals surface area contributed by atoms with Crippen LogP contribution in [0.2, 0.25) is 0 Å². The van der Waals surface area contributed by atoms with Crippen LogP contribution in [0.25, 0.3) is 0 Å². The third-order valence-corrected chi connectivity index (χ3v) is 3.55. The number of ether oxygens (including phenoxy) is 5. The molecule has 0 bridgehead atoms. The van der Waals surface area contributed by atoms with Crippen LogP contribution in [-0.4, -0.2) is 54.0 Å². The molecule has 0 aromatic heterocycles. The molecule has 0 amide bonds. The highest BCUT2D eigenvalue weighted by Gasteiger charge is 2.67. The highest BCUT2D eigenvalue weighted by atomic mass is 16.9. The van der Waals surface area contributed by atoms with Gasteiger partial charge in [0.2, 0.25) is 0 Å². The Morgan fingerprint density at radius 3 is 2.44 bits per heavy atom. The van der Waals surface area contributed by atoms with Crippen molar-refractivity contribution in [3.8, 4) is 0 Å². The predicted molar refractivity (Wildman–Crippen MR) is 59.6 cm³/mol. The van der Waals surface area contributed by atoms with E-state index in [9.17, 15) is 5.11 Å². The van der Waals surface area contributed by atoms with Crippen molar-refractivity contribution in [3.63, 3.8) is 0 Å². The first kappa shape index (κ1) is 12.8. The highest BCUT2D eigenvalue weighted by molar-refractivity contribution is 5.07. The quantitative estimate of drug-likeness (QED) is 0.735. The first-order valence-electron chi connectivity index (χ1n) is 6.24. The molecular weight excluding hydrogens is 240 g/mol. The van der Waals surface area contributed by atoms with Crippen molar-refractivity contribution in [1.82, 2.24) is 0 Å². The van der Waals surface area contributed by atoms with Gasteiger partial charge in [0.05, 0.1) is 13.2 Å². The van der Waals surface area contributed by atoms with E-state index in [0.29, 0.717) is 6.61 Å². The first-order valence-corrected chi connectivity index (χ1v) is 6.24. The average Bonchev–Trinajstić information content (AvgIpc) is 2.70. The zero-order valence-corrected chi connectivity index (χ0v) is 11.1. The van der Waals surface area contributed by atoms with Gasteiger partial charge in [0, 0.05) is 0 Å². The normalized spacial score (nSPS) is 48.8. The number of hydrogen-bond donors (Lipinski definition) is 1. The SMILES string of the molecule is CC1(C)O[C@@H]2CO[C@@H]3OC(C)(C)O[C@]3(CO)[C@H]2O1. The number of fused-ring (bicyclic) bond motifs is 3. The van der Waals surface area contributed by atoms with Crippen LogP contribution in [0.15, 0.2) is 0 Å². The minimum Gasteiger partial charge on any atom is -0.393 e. The summed E-state index contributed by atoms with van der Waals surface area (Å²) in [6, 6.07) is 0. The standard InChI is InChI=1S/C12H20O6/c1-10(2)15-7-5-14-9-12(6-13,8(7)16-10)18-11(3,4)17-9/h7-9,13H,5-6H2,1-4H3/t7-,8+,9-,12-/m1/s1. The molecule has 0 aliphatic carbocycles. The molecular formula is C12H20O6. The lowest BCUT2D eigenvalue weighted by Crippen LogP contribution is -2.62. The van der Waals surface area contributed by atoms with Crippen LogP contribution in [0, 0.1) is 0 Å². The lowest BCUT2D eigenvalue weighted by Gasteiger charge is -2.41. The van der Waals surface area contributed by atoms with Gasteiger partial charge in [-0.15, -0.1) is 0 Å². The van der Waals surface area contributed by atoms with Crippen LogP contribution >= 0.6 is 0 Å². The Morgan fingerprint density at radius 1 is 1.06 bits per heavy atom. The second kappa shape index (κ2) is 3.65. The molecule has 0 aromatic rings. The van der Waals surface area contributed by atoms with Crippen LogP contribution in [0.3, 0.4) is 0 Å². The molecule has 6 nitrogen and oxygen atoms in total. The molecule has 3 aliphatic rings. The molecule has 3 heterocycles. The Labute approximate surface area is 106 Å². The van der Waals surface area contributed by atoms with Crippen molar-refractivity contribution in [1.29, 1.82) is 0 Å². The summed E-state index contributed by atoms with van der Waals surface area (Å²) in [7, 11) is 0. The molecule has 0 unspecified atom stereocenters. The number of aliphatic hydroxyl groups is 1. The molecule has 1 N–H and O–H groups in total. The molecule has 3 aliphatic heterocycles. The van der Waals surface area contributed by atoms with Crippen LogP contribution in [0.5, 0.6) is 0 Å². The summed E-state index contributed by atoms with van der Waals surface area (Å²) >= 11 is 0. The fourth-order valence-corrected chi connectivity index (χ4v) is 3.01. The lowest BCUT2D eigenvalue weighted by atomic mass is 9.90. The molecule has 4 atom stereocenters. The van der Waals surface area contributed by atoms with Crippen LogP contribution in [0.1, 0.15) is 27.7 Å². The molecule has 0 saturated carbocycles. The Hall–Kier alpha value is -0.240. The van der Waals surface area contributed by atoms with Gasteiger partial charge in [0.1, 0.15) is 12.2 Å². The first-order chi connectivity index (χ1) is 8.28. The fourth-order valence-electron chi connectivity index (χ4n) is 3.01. The second-order valence-corrected chi connectivity index (χ2v) is 5.99. The van der Waals surface area contributed by atoms with Gasteiger partial charge in [-0.1, -0.05) is 0 Å². The van der Waals surface area contributed by atoms with Crippen molar-refractivity contribution in [3.05, 3.63) is 0 Å². The largest absolute Gasteiger partial charge is 0.393 e. The van der Waals surface area contributed by atoms with E-state index in [-0.39, 0.29) is 12.7 Å². The number of rotatable bonds is 1. The Morgan fingerprint density at radius 2 is 1.78 bits per heavy atom. The maximum absolute atomic E-state index is 9.78. The summed E-state index contributed by atoms with van der Waals surface area (Å²) in [4.78, 5) is 0. The summed E-state index contributed by atoms with van der Waals surface area (Å²) < 4.78 is 28.9. The maximum atomic E-state index is 9.78. The Balaban J connectivity index is 1.95. The minimum absolute atomic E-state index is 0.234. The average molecular weight is 260 g/mol. The van der Waals surface area contributed by atoms with Gasteiger partial charge < -0.3 is 28.8 Å². The highest BCUT2D eigenvalue weighted by Crippen LogP contribution is 2.48. The zero-order chi connectivity index (χ0) is 13.2. The van der Waals surface area contributed by atoms with E-state index >= 15 is 0 Å². The van der Waals surface area contributed by atoms with Gasteiger partial charge in [0.25, 0.3) is 0 Å². The molecule has 6 heteroatoms. The minimum atomic E-state index is -1.01. The van der Waals surface area contributed by atoms with Gasteiger partial charge in [-0.25, -0.2) is 0 Å².